The Kier molecular flexibility index (Phi) is 5.18. The largest absolute Gasteiger partial charge is 0.396 e. The number of rotatable bonds is 5. The minimum atomic E-state index is -0.655. The summed E-state index contributed by atoms with van der Waals surface area (Å²) in [7, 11) is 0. The fraction of sp³-hybridized carbons (Fsp3) is 1.00. The number of aliphatic hydroxyl groups is 4. The minimum absolute atomic E-state index is 0.0481. The molecule has 4 heteroatoms. The highest BCUT2D eigenvalue weighted by molar-refractivity contribution is 4.94. The van der Waals surface area contributed by atoms with Crippen LogP contribution in [-0.2, 0) is 0 Å². The zero-order valence-corrected chi connectivity index (χ0v) is 9.97. The van der Waals surface area contributed by atoms with Crippen LogP contribution in [0.3, 0.4) is 0 Å². The summed E-state index contributed by atoms with van der Waals surface area (Å²) in [5.41, 5.74) is -0.492. The predicted molar refractivity (Wildman–Crippen MR) is 60.8 cm³/mol. The van der Waals surface area contributed by atoms with E-state index in [4.69, 9.17) is 10.2 Å². The molecule has 0 radical (unpaired) electrons. The normalized spacial score (nSPS) is 37.3. The molecule has 0 aromatic carbocycles. The first kappa shape index (κ1) is 13.9. The van der Waals surface area contributed by atoms with Crippen LogP contribution in [0.5, 0.6) is 0 Å². The molecule has 0 heterocycles. The van der Waals surface area contributed by atoms with Crippen molar-refractivity contribution in [3.8, 4) is 0 Å². The summed E-state index contributed by atoms with van der Waals surface area (Å²) in [6.45, 7) is 2.09. The number of aliphatic hydroxyl groups excluding tert-OH is 4. The van der Waals surface area contributed by atoms with Gasteiger partial charge in [-0.15, -0.1) is 0 Å². The first-order valence-corrected chi connectivity index (χ1v) is 6.11. The Labute approximate surface area is 96.9 Å². The fourth-order valence-corrected chi connectivity index (χ4v) is 2.98. The van der Waals surface area contributed by atoms with E-state index in [0.717, 1.165) is 19.3 Å². The highest BCUT2D eigenvalue weighted by Gasteiger charge is 2.45. The van der Waals surface area contributed by atoms with Crippen LogP contribution >= 0.6 is 0 Å². The van der Waals surface area contributed by atoms with Crippen LogP contribution in [-0.4, -0.2) is 46.4 Å². The molecule has 4 nitrogen and oxygen atoms in total. The maximum Gasteiger partial charge on any atom is 0.0642 e. The first-order chi connectivity index (χ1) is 7.60. The van der Waals surface area contributed by atoms with E-state index in [1.807, 2.05) is 6.92 Å². The van der Waals surface area contributed by atoms with Crippen molar-refractivity contribution in [3.63, 3.8) is 0 Å². The van der Waals surface area contributed by atoms with E-state index in [1.54, 1.807) is 0 Å². The predicted octanol–water partition coefficient (Wildman–Crippen LogP) is 0.137. The fourth-order valence-electron chi connectivity index (χ4n) is 2.98. The lowest BCUT2D eigenvalue weighted by molar-refractivity contribution is -0.0964. The van der Waals surface area contributed by atoms with Crippen LogP contribution in [0.25, 0.3) is 0 Å². The molecule has 16 heavy (non-hydrogen) atoms. The lowest BCUT2D eigenvalue weighted by Crippen LogP contribution is -2.48. The van der Waals surface area contributed by atoms with E-state index in [2.05, 4.69) is 0 Å². The van der Waals surface area contributed by atoms with Crippen molar-refractivity contribution >= 4 is 0 Å². The van der Waals surface area contributed by atoms with Gasteiger partial charge in [-0.1, -0.05) is 6.92 Å². The minimum Gasteiger partial charge on any atom is -0.396 e. The van der Waals surface area contributed by atoms with Crippen molar-refractivity contribution in [3.05, 3.63) is 0 Å². The lowest BCUT2D eigenvalue weighted by Gasteiger charge is -2.47. The highest BCUT2D eigenvalue weighted by atomic mass is 16.3. The molecule has 0 saturated heterocycles. The molecule has 4 N–H and O–H groups in total. The summed E-state index contributed by atoms with van der Waals surface area (Å²) in [6.07, 6.45) is 2.05. The zero-order valence-electron chi connectivity index (χ0n) is 9.97. The topological polar surface area (TPSA) is 80.9 Å². The molecular formula is C12H24O4. The average molecular weight is 232 g/mol. The summed E-state index contributed by atoms with van der Waals surface area (Å²) in [5.74, 6) is 0.459. The number of hydrogen-bond donors (Lipinski definition) is 4. The van der Waals surface area contributed by atoms with Crippen LogP contribution in [0.2, 0.25) is 0 Å². The molecule has 0 aromatic heterocycles. The van der Waals surface area contributed by atoms with Gasteiger partial charge in [-0.05, 0) is 37.5 Å². The first-order valence-electron chi connectivity index (χ1n) is 6.11. The molecule has 4 unspecified atom stereocenters. The smallest absolute Gasteiger partial charge is 0.0642 e. The SMILES string of the molecule is CC1CC(CO)CCC1(CO)C(O)CCO. The Morgan fingerprint density at radius 1 is 1.31 bits per heavy atom. The van der Waals surface area contributed by atoms with Gasteiger partial charge in [-0.2, -0.15) is 0 Å². The monoisotopic (exact) mass is 232 g/mol. The Morgan fingerprint density at radius 3 is 2.44 bits per heavy atom. The van der Waals surface area contributed by atoms with Crippen molar-refractivity contribution in [1.29, 1.82) is 0 Å². The van der Waals surface area contributed by atoms with Crippen LogP contribution < -0.4 is 0 Å². The third-order valence-electron chi connectivity index (χ3n) is 4.31. The van der Waals surface area contributed by atoms with Gasteiger partial charge in [-0.25, -0.2) is 0 Å². The summed E-state index contributed by atoms with van der Waals surface area (Å²) >= 11 is 0. The quantitative estimate of drug-likeness (QED) is 0.543. The summed E-state index contributed by atoms with van der Waals surface area (Å²) in [4.78, 5) is 0. The average Bonchev–Trinajstić information content (AvgIpc) is 2.29. The Balaban J connectivity index is 2.72. The Hall–Kier alpha value is -0.160. The van der Waals surface area contributed by atoms with E-state index < -0.39 is 11.5 Å². The van der Waals surface area contributed by atoms with E-state index in [-0.39, 0.29) is 31.7 Å². The zero-order chi connectivity index (χ0) is 12.2. The van der Waals surface area contributed by atoms with Gasteiger partial charge >= 0.3 is 0 Å². The van der Waals surface area contributed by atoms with Gasteiger partial charge in [-0.3, -0.25) is 0 Å². The second-order valence-corrected chi connectivity index (χ2v) is 5.14. The molecule has 0 aromatic rings. The molecule has 1 fully saturated rings. The maximum atomic E-state index is 10.1. The van der Waals surface area contributed by atoms with Gasteiger partial charge in [0.1, 0.15) is 0 Å². The molecule has 1 saturated carbocycles. The van der Waals surface area contributed by atoms with E-state index in [1.165, 1.54) is 0 Å². The summed E-state index contributed by atoms with van der Waals surface area (Å²) in [6, 6.07) is 0. The molecule has 0 amide bonds. The molecule has 1 rings (SSSR count). The molecular weight excluding hydrogens is 208 g/mol. The maximum absolute atomic E-state index is 10.1. The van der Waals surface area contributed by atoms with E-state index >= 15 is 0 Å². The lowest BCUT2D eigenvalue weighted by atomic mass is 9.61. The van der Waals surface area contributed by atoms with Gasteiger partial charge in [0.15, 0.2) is 0 Å². The van der Waals surface area contributed by atoms with Crippen LogP contribution in [0.15, 0.2) is 0 Å². The summed E-state index contributed by atoms with van der Waals surface area (Å²) < 4.78 is 0. The van der Waals surface area contributed by atoms with E-state index in [9.17, 15) is 10.2 Å². The molecule has 4 atom stereocenters. The molecule has 0 bridgehead atoms. The second kappa shape index (κ2) is 5.96. The van der Waals surface area contributed by atoms with Crippen LogP contribution in [0, 0.1) is 17.3 Å². The van der Waals surface area contributed by atoms with Crippen molar-refractivity contribution in [1.82, 2.24) is 0 Å². The van der Waals surface area contributed by atoms with Crippen LogP contribution in [0.1, 0.15) is 32.6 Å². The van der Waals surface area contributed by atoms with Gasteiger partial charge in [0.05, 0.1) is 12.7 Å². The Bertz CT molecular complexity index is 209. The van der Waals surface area contributed by atoms with Gasteiger partial charge in [0.25, 0.3) is 0 Å². The molecule has 1 aliphatic carbocycles. The van der Waals surface area contributed by atoms with Gasteiger partial charge in [0, 0.05) is 18.6 Å². The molecule has 0 spiro atoms. The highest BCUT2D eigenvalue weighted by Crippen LogP contribution is 2.46. The van der Waals surface area contributed by atoms with Crippen molar-refractivity contribution in [2.24, 2.45) is 17.3 Å². The number of hydrogen-bond acceptors (Lipinski definition) is 4. The third kappa shape index (κ3) is 2.56. The Morgan fingerprint density at radius 2 is 2.00 bits per heavy atom. The van der Waals surface area contributed by atoms with Gasteiger partial charge in [0.2, 0.25) is 0 Å². The third-order valence-corrected chi connectivity index (χ3v) is 4.31. The van der Waals surface area contributed by atoms with Gasteiger partial charge < -0.3 is 20.4 Å². The summed E-state index contributed by atoms with van der Waals surface area (Å²) in [5, 5.41) is 37.6. The second-order valence-electron chi connectivity index (χ2n) is 5.14. The van der Waals surface area contributed by atoms with Crippen molar-refractivity contribution < 1.29 is 20.4 Å². The molecule has 96 valence electrons. The molecule has 0 aliphatic heterocycles. The molecule has 1 aliphatic rings. The standard InChI is InChI=1S/C12H24O4/c1-9-6-10(7-14)2-4-12(9,8-15)11(16)3-5-13/h9-11,13-16H,2-8H2,1H3. The van der Waals surface area contributed by atoms with Crippen molar-refractivity contribution in [2.45, 2.75) is 38.7 Å². The van der Waals surface area contributed by atoms with Crippen LogP contribution in [0.4, 0.5) is 0 Å². The van der Waals surface area contributed by atoms with E-state index in [0.29, 0.717) is 6.42 Å². The van der Waals surface area contributed by atoms with Crippen molar-refractivity contribution in [2.75, 3.05) is 19.8 Å².